The molecule has 0 bridgehead atoms. The topological polar surface area (TPSA) is 47.8 Å². The van der Waals surface area contributed by atoms with Gasteiger partial charge in [-0.25, -0.2) is 9.67 Å². The maximum Gasteiger partial charge on any atom is 0.191 e. The third kappa shape index (κ3) is 1.45. The molecule has 4 nitrogen and oxygen atoms in total. The molecule has 1 aromatic rings. The minimum Gasteiger partial charge on any atom is -0.294 e. The first-order valence-electron chi connectivity index (χ1n) is 3.53. The summed E-state index contributed by atoms with van der Waals surface area (Å²) in [5, 5.41) is 4.06. The van der Waals surface area contributed by atoms with E-state index >= 15 is 0 Å². The minimum atomic E-state index is 0.191. The van der Waals surface area contributed by atoms with E-state index in [2.05, 4.69) is 10.1 Å². The third-order valence-electron chi connectivity index (χ3n) is 1.36. The standard InChI is InChI=1S/C7H11N3O/c1-5(2)10-7(4-11)8-6(3)9-10/h4-5H,1-3H3. The van der Waals surface area contributed by atoms with E-state index in [0.29, 0.717) is 11.6 Å². The SMILES string of the molecule is Cc1nc(C=O)n(C(C)C)n1. The van der Waals surface area contributed by atoms with Crippen LogP contribution >= 0.6 is 0 Å². The second kappa shape index (κ2) is 2.82. The van der Waals surface area contributed by atoms with Gasteiger partial charge in [-0.2, -0.15) is 5.10 Å². The first kappa shape index (κ1) is 7.91. The van der Waals surface area contributed by atoms with Crippen LogP contribution in [0.25, 0.3) is 0 Å². The number of hydrogen-bond acceptors (Lipinski definition) is 3. The largest absolute Gasteiger partial charge is 0.294 e. The van der Waals surface area contributed by atoms with Gasteiger partial charge >= 0.3 is 0 Å². The predicted octanol–water partition coefficient (Wildman–Crippen LogP) is 0.980. The lowest BCUT2D eigenvalue weighted by Gasteiger charge is -2.03. The van der Waals surface area contributed by atoms with E-state index in [1.165, 1.54) is 0 Å². The second-order valence-corrected chi connectivity index (χ2v) is 2.67. The van der Waals surface area contributed by atoms with Gasteiger partial charge in [-0.15, -0.1) is 0 Å². The van der Waals surface area contributed by atoms with Crippen molar-refractivity contribution in [3.8, 4) is 0 Å². The molecule has 1 aromatic heterocycles. The predicted molar refractivity (Wildman–Crippen MR) is 40.5 cm³/mol. The molecule has 60 valence electrons. The number of aldehydes is 1. The van der Waals surface area contributed by atoms with E-state index in [9.17, 15) is 4.79 Å². The zero-order chi connectivity index (χ0) is 8.43. The van der Waals surface area contributed by atoms with Crippen molar-refractivity contribution in [2.24, 2.45) is 0 Å². The molecule has 0 aliphatic heterocycles. The summed E-state index contributed by atoms with van der Waals surface area (Å²) in [4.78, 5) is 14.4. The lowest BCUT2D eigenvalue weighted by atomic mass is 10.4. The van der Waals surface area contributed by atoms with Crippen molar-refractivity contribution in [3.05, 3.63) is 11.6 Å². The van der Waals surface area contributed by atoms with Crippen LogP contribution in [-0.2, 0) is 0 Å². The van der Waals surface area contributed by atoms with Gasteiger partial charge in [0.1, 0.15) is 5.82 Å². The zero-order valence-electron chi connectivity index (χ0n) is 6.90. The number of carbonyl (C=O) groups is 1. The van der Waals surface area contributed by atoms with Gasteiger partial charge in [-0.05, 0) is 20.8 Å². The fourth-order valence-electron chi connectivity index (χ4n) is 0.907. The van der Waals surface area contributed by atoms with E-state index in [0.717, 1.165) is 6.29 Å². The van der Waals surface area contributed by atoms with Crippen molar-refractivity contribution in [1.82, 2.24) is 14.8 Å². The number of aryl methyl sites for hydroxylation is 1. The maximum atomic E-state index is 10.4. The molecule has 0 aromatic carbocycles. The van der Waals surface area contributed by atoms with Crippen molar-refractivity contribution in [3.63, 3.8) is 0 Å². The molecule has 4 heteroatoms. The van der Waals surface area contributed by atoms with E-state index < -0.39 is 0 Å². The molecule has 1 heterocycles. The highest BCUT2D eigenvalue weighted by molar-refractivity contribution is 5.68. The van der Waals surface area contributed by atoms with Crippen LogP contribution in [0, 0.1) is 6.92 Å². The molecule has 0 radical (unpaired) electrons. The third-order valence-corrected chi connectivity index (χ3v) is 1.36. The molecule has 0 aliphatic carbocycles. The van der Waals surface area contributed by atoms with Gasteiger partial charge in [0.05, 0.1) is 0 Å². The van der Waals surface area contributed by atoms with Crippen LogP contribution < -0.4 is 0 Å². The molecular formula is C7H11N3O. The summed E-state index contributed by atoms with van der Waals surface area (Å²) in [5.41, 5.74) is 0. The molecule has 0 unspecified atom stereocenters. The first-order chi connectivity index (χ1) is 5.15. The summed E-state index contributed by atoms with van der Waals surface area (Å²) in [6.07, 6.45) is 0.722. The Morgan fingerprint density at radius 3 is 2.55 bits per heavy atom. The smallest absolute Gasteiger partial charge is 0.191 e. The lowest BCUT2D eigenvalue weighted by Crippen LogP contribution is -2.07. The van der Waals surface area contributed by atoms with Crippen LogP contribution in [0.15, 0.2) is 0 Å². The normalized spacial score (nSPS) is 10.5. The Morgan fingerprint density at radius 2 is 2.18 bits per heavy atom. The first-order valence-corrected chi connectivity index (χ1v) is 3.53. The molecule has 0 spiro atoms. The van der Waals surface area contributed by atoms with Gasteiger partial charge in [0.15, 0.2) is 12.1 Å². The Hall–Kier alpha value is -1.19. The van der Waals surface area contributed by atoms with E-state index in [4.69, 9.17) is 0 Å². The number of rotatable bonds is 2. The van der Waals surface area contributed by atoms with Gasteiger partial charge in [0, 0.05) is 6.04 Å². The molecular weight excluding hydrogens is 142 g/mol. The highest BCUT2D eigenvalue weighted by Gasteiger charge is 2.07. The van der Waals surface area contributed by atoms with Crippen LogP contribution in [-0.4, -0.2) is 21.1 Å². The molecule has 11 heavy (non-hydrogen) atoms. The number of nitrogens with zero attached hydrogens (tertiary/aromatic N) is 3. The Labute approximate surface area is 65.2 Å². The summed E-state index contributed by atoms with van der Waals surface area (Å²) in [6.45, 7) is 5.69. The van der Waals surface area contributed by atoms with E-state index in [1.54, 1.807) is 11.6 Å². The molecule has 0 saturated carbocycles. The van der Waals surface area contributed by atoms with Crippen molar-refractivity contribution < 1.29 is 4.79 Å². The average molecular weight is 153 g/mol. The Kier molecular flexibility index (Phi) is 2.03. The molecule has 0 saturated heterocycles. The zero-order valence-corrected chi connectivity index (χ0v) is 6.90. The van der Waals surface area contributed by atoms with E-state index in [-0.39, 0.29) is 6.04 Å². The molecule has 0 amide bonds. The summed E-state index contributed by atoms with van der Waals surface area (Å²) >= 11 is 0. The van der Waals surface area contributed by atoms with Gasteiger partial charge in [0.2, 0.25) is 0 Å². The summed E-state index contributed by atoms with van der Waals surface area (Å²) < 4.78 is 1.61. The van der Waals surface area contributed by atoms with Gasteiger partial charge < -0.3 is 0 Å². The van der Waals surface area contributed by atoms with Gasteiger partial charge in [-0.1, -0.05) is 0 Å². The van der Waals surface area contributed by atoms with Crippen molar-refractivity contribution in [1.29, 1.82) is 0 Å². The van der Waals surface area contributed by atoms with E-state index in [1.807, 2.05) is 13.8 Å². The number of carbonyl (C=O) groups excluding carboxylic acids is 1. The van der Waals surface area contributed by atoms with Gasteiger partial charge in [-0.3, -0.25) is 4.79 Å². The summed E-state index contributed by atoms with van der Waals surface area (Å²) in [6, 6.07) is 0.191. The molecule has 0 N–H and O–H groups in total. The van der Waals surface area contributed by atoms with Crippen molar-refractivity contribution in [2.75, 3.05) is 0 Å². The Bertz CT molecular complexity index is 265. The van der Waals surface area contributed by atoms with Crippen molar-refractivity contribution in [2.45, 2.75) is 26.8 Å². The van der Waals surface area contributed by atoms with Crippen LogP contribution in [0.1, 0.15) is 36.3 Å². The van der Waals surface area contributed by atoms with Crippen molar-refractivity contribution >= 4 is 6.29 Å². The Morgan fingerprint density at radius 1 is 1.55 bits per heavy atom. The monoisotopic (exact) mass is 153 g/mol. The number of aromatic nitrogens is 3. The summed E-state index contributed by atoms with van der Waals surface area (Å²) in [5.74, 6) is 1.04. The van der Waals surface area contributed by atoms with Crippen LogP contribution in [0.5, 0.6) is 0 Å². The summed E-state index contributed by atoms with van der Waals surface area (Å²) in [7, 11) is 0. The Balaban J connectivity index is 3.11. The van der Waals surface area contributed by atoms with Crippen LogP contribution in [0.2, 0.25) is 0 Å². The van der Waals surface area contributed by atoms with Crippen LogP contribution in [0.4, 0.5) is 0 Å². The molecule has 0 atom stereocenters. The highest BCUT2D eigenvalue weighted by Crippen LogP contribution is 2.04. The maximum absolute atomic E-state index is 10.4. The van der Waals surface area contributed by atoms with Gasteiger partial charge in [0.25, 0.3) is 0 Å². The second-order valence-electron chi connectivity index (χ2n) is 2.67. The molecule has 0 aliphatic rings. The molecule has 1 rings (SSSR count). The van der Waals surface area contributed by atoms with Crippen LogP contribution in [0.3, 0.4) is 0 Å². The lowest BCUT2D eigenvalue weighted by molar-refractivity contribution is 0.110. The quantitative estimate of drug-likeness (QED) is 0.595. The fourth-order valence-corrected chi connectivity index (χ4v) is 0.907. The number of hydrogen-bond donors (Lipinski definition) is 0. The average Bonchev–Trinajstić information content (AvgIpc) is 2.30. The fraction of sp³-hybridized carbons (Fsp3) is 0.571. The molecule has 0 fully saturated rings. The minimum absolute atomic E-state index is 0.191. The highest BCUT2D eigenvalue weighted by atomic mass is 16.1.